The third-order valence-electron chi connectivity index (χ3n) is 6.04. The van der Waals surface area contributed by atoms with Gasteiger partial charge in [-0.05, 0) is 25.0 Å². The molecule has 0 amide bonds. The molecule has 3 aromatic heterocycles. The van der Waals surface area contributed by atoms with Gasteiger partial charge in [-0.25, -0.2) is 14.5 Å². The molecule has 176 valence electrons. The summed E-state index contributed by atoms with van der Waals surface area (Å²) in [5, 5.41) is 9.63. The van der Waals surface area contributed by atoms with Crippen molar-refractivity contribution in [1.29, 1.82) is 0 Å². The number of nitrogens with zero attached hydrogens (tertiary/aromatic N) is 5. The van der Waals surface area contributed by atoms with Crippen LogP contribution in [0, 0.1) is 6.92 Å². The average Bonchev–Trinajstić information content (AvgIpc) is 3.51. The molecule has 3 aromatic carbocycles. The molecular weight excluding hydrogens is 450 g/mol. The van der Waals surface area contributed by atoms with Crippen LogP contribution in [0.3, 0.4) is 0 Å². The van der Waals surface area contributed by atoms with Gasteiger partial charge in [0.05, 0.1) is 11.1 Å². The van der Waals surface area contributed by atoms with E-state index in [1.54, 1.807) is 10.8 Å². The van der Waals surface area contributed by atoms with Crippen molar-refractivity contribution < 1.29 is 9.25 Å². The first-order valence-electron chi connectivity index (χ1n) is 11.7. The molecule has 0 bridgehead atoms. The van der Waals surface area contributed by atoms with Crippen molar-refractivity contribution in [2.24, 2.45) is 5.16 Å². The Morgan fingerprint density at radius 1 is 0.917 bits per heavy atom. The molecule has 0 atom stereocenters. The van der Waals surface area contributed by atoms with Crippen LogP contribution in [0.2, 0.25) is 0 Å². The monoisotopic (exact) mass is 473 g/mol. The van der Waals surface area contributed by atoms with Crippen molar-refractivity contribution in [2.45, 2.75) is 20.5 Å². The first kappa shape index (κ1) is 21.7. The van der Waals surface area contributed by atoms with E-state index in [4.69, 9.17) is 14.2 Å². The number of hydrogen-bond donors (Lipinski definition) is 0. The van der Waals surface area contributed by atoms with E-state index in [1.165, 1.54) is 5.56 Å². The molecule has 0 fully saturated rings. The number of benzene rings is 3. The maximum Gasteiger partial charge on any atom is 0.232 e. The van der Waals surface area contributed by atoms with Crippen LogP contribution in [-0.2, 0) is 11.4 Å². The van der Waals surface area contributed by atoms with Gasteiger partial charge in [0.15, 0.2) is 18.1 Å². The van der Waals surface area contributed by atoms with E-state index >= 15 is 0 Å². The van der Waals surface area contributed by atoms with Crippen molar-refractivity contribution in [1.82, 2.24) is 19.6 Å². The second kappa shape index (κ2) is 9.11. The summed E-state index contributed by atoms with van der Waals surface area (Å²) in [7, 11) is 0. The van der Waals surface area contributed by atoms with Gasteiger partial charge in [-0.2, -0.15) is 0 Å². The van der Waals surface area contributed by atoms with Crippen molar-refractivity contribution in [3.63, 3.8) is 0 Å². The maximum absolute atomic E-state index is 6.28. The minimum Gasteiger partial charge on any atom is -0.437 e. The molecule has 0 aliphatic heterocycles. The predicted molar refractivity (Wildman–Crippen MR) is 140 cm³/mol. The summed E-state index contributed by atoms with van der Waals surface area (Å²) in [6.45, 7) is 4.11. The molecule has 7 nitrogen and oxygen atoms in total. The van der Waals surface area contributed by atoms with E-state index in [0.717, 1.165) is 39.1 Å². The lowest BCUT2D eigenvalue weighted by Crippen LogP contribution is -1.98. The Kier molecular flexibility index (Phi) is 5.50. The number of oxime groups is 1. The van der Waals surface area contributed by atoms with Gasteiger partial charge >= 0.3 is 0 Å². The minimum atomic E-state index is 0.135. The van der Waals surface area contributed by atoms with E-state index in [-0.39, 0.29) is 6.61 Å². The Bertz CT molecular complexity index is 1680. The lowest BCUT2D eigenvalue weighted by molar-refractivity contribution is 0.125. The fourth-order valence-electron chi connectivity index (χ4n) is 4.21. The Morgan fingerprint density at radius 2 is 1.61 bits per heavy atom. The molecule has 0 aliphatic carbocycles. The molecule has 0 saturated carbocycles. The highest BCUT2D eigenvalue weighted by atomic mass is 16.6. The number of furan rings is 1. The van der Waals surface area contributed by atoms with Gasteiger partial charge in [-0.15, -0.1) is 5.10 Å². The number of rotatable bonds is 6. The van der Waals surface area contributed by atoms with Gasteiger partial charge in [-0.3, -0.25) is 0 Å². The van der Waals surface area contributed by atoms with Gasteiger partial charge in [0.2, 0.25) is 5.71 Å². The third-order valence-corrected chi connectivity index (χ3v) is 6.04. The quantitative estimate of drug-likeness (QED) is 0.205. The molecular formula is C29H23N5O2. The summed E-state index contributed by atoms with van der Waals surface area (Å²) in [4.78, 5) is 14.9. The molecule has 3 heterocycles. The summed E-state index contributed by atoms with van der Waals surface area (Å²) < 4.78 is 7.94. The Balaban J connectivity index is 1.40. The smallest absolute Gasteiger partial charge is 0.232 e. The summed E-state index contributed by atoms with van der Waals surface area (Å²) in [6, 6.07) is 28.3. The topological polar surface area (TPSA) is 77.8 Å². The van der Waals surface area contributed by atoms with E-state index in [2.05, 4.69) is 46.4 Å². The third kappa shape index (κ3) is 4.01. The van der Waals surface area contributed by atoms with Crippen LogP contribution in [0.25, 0.3) is 39.2 Å². The Morgan fingerprint density at radius 3 is 2.33 bits per heavy atom. The van der Waals surface area contributed by atoms with Gasteiger partial charge in [0.25, 0.3) is 0 Å². The summed E-state index contributed by atoms with van der Waals surface area (Å²) >= 11 is 0. The number of fused-ring (bicyclic) bond motifs is 3. The Labute approximate surface area is 207 Å². The SMILES string of the molecule is C/C(=N\OCc1nc2c3c(-c4ccccc4)c(-c4ccccc4)oc3ncn2n1)c1ccc(C)cc1. The van der Waals surface area contributed by atoms with Crippen molar-refractivity contribution in [3.8, 4) is 22.5 Å². The zero-order chi connectivity index (χ0) is 24.5. The van der Waals surface area contributed by atoms with E-state index in [1.807, 2.05) is 67.6 Å². The molecule has 7 heteroatoms. The van der Waals surface area contributed by atoms with Gasteiger partial charge < -0.3 is 9.25 Å². The molecule has 6 rings (SSSR count). The first-order chi connectivity index (χ1) is 17.7. The number of aromatic nitrogens is 4. The van der Waals surface area contributed by atoms with Crippen LogP contribution < -0.4 is 0 Å². The fraction of sp³-hybridized carbons (Fsp3) is 0.103. The van der Waals surface area contributed by atoms with E-state index < -0.39 is 0 Å². The highest BCUT2D eigenvalue weighted by Gasteiger charge is 2.22. The highest BCUT2D eigenvalue weighted by Crippen LogP contribution is 2.41. The lowest BCUT2D eigenvalue weighted by Gasteiger charge is -2.03. The van der Waals surface area contributed by atoms with Crippen LogP contribution in [0.5, 0.6) is 0 Å². The Hall–Kier alpha value is -4.78. The average molecular weight is 474 g/mol. The molecule has 0 radical (unpaired) electrons. The number of hydrogen-bond acceptors (Lipinski definition) is 6. The lowest BCUT2D eigenvalue weighted by atomic mass is 9.99. The maximum atomic E-state index is 6.28. The summed E-state index contributed by atoms with van der Waals surface area (Å²) in [5.41, 5.74) is 7.08. The van der Waals surface area contributed by atoms with Gasteiger partial charge in [-0.1, -0.05) is 95.6 Å². The van der Waals surface area contributed by atoms with Crippen molar-refractivity contribution in [2.75, 3.05) is 0 Å². The fourth-order valence-corrected chi connectivity index (χ4v) is 4.21. The largest absolute Gasteiger partial charge is 0.437 e. The van der Waals surface area contributed by atoms with Crippen LogP contribution in [0.4, 0.5) is 0 Å². The van der Waals surface area contributed by atoms with Gasteiger partial charge in [0.1, 0.15) is 12.1 Å². The van der Waals surface area contributed by atoms with E-state index in [9.17, 15) is 0 Å². The van der Waals surface area contributed by atoms with Gasteiger partial charge in [0, 0.05) is 11.1 Å². The number of aryl methyl sites for hydroxylation is 1. The molecule has 0 aliphatic rings. The normalized spacial score (nSPS) is 11.9. The molecule has 0 unspecified atom stereocenters. The van der Waals surface area contributed by atoms with Crippen LogP contribution in [0.1, 0.15) is 23.9 Å². The van der Waals surface area contributed by atoms with Crippen molar-refractivity contribution >= 4 is 22.5 Å². The highest BCUT2D eigenvalue weighted by molar-refractivity contribution is 6.07. The van der Waals surface area contributed by atoms with E-state index in [0.29, 0.717) is 17.2 Å². The second-order valence-corrected chi connectivity index (χ2v) is 8.58. The predicted octanol–water partition coefficient (Wildman–Crippen LogP) is 6.45. The summed E-state index contributed by atoms with van der Waals surface area (Å²) in [6.07, 6.45) is 1.61. The first-order valence-corrected chi connectivity index (χ1v) is 11.7. The van der Waals surface area contributed by atoms with Crippen LogP contribution >= 0.6 is 0 Å². The van der Waals surface area contributed by atoms with Crippen LogP contribution in [0.15, 0.2) is 101 Å². The summed E-state index contributed by atoms with van der Waals surface area (Å²) in [5.74, 6) is 1.25. The van der Waals surface area contributed by atoms with Crippen molar-refractivity contribution in [3.05, 3.63) is 108 Å². The molecule has 6 aromatic rings. The van der Waals surface area contributed by atoms with Crippen LogP contribution in [-0.4, -0.2) is 25.3 Å². The molecule has 0 N–H and O–H groups in total. The second-order valence-electron chi connectivity index (χ2n) is 8.58. The minimum absolute atomic E-state index is 0.135. The zero-order valence-corrected chi connectivity index (χ0v) is 19.9. The zero-order valence-electron chi connectivity index (χ0n) is 19.9. The molecule has 0 saturated heterocycles. The standard InChI is InChI=1S/C29H23N5O2/c1-19-13-15-21(16-14-19)20(2)33-35-17-24-31-28-26-25(22-9-5-3-6-10-22)27(23-11-7-4-8-12-23)36-29(26)30-18-34(28)32-24/h3-16,18H,17H2,1-2H3/b33-20+. The molecule has 0 spiro atoms. The molecule has 36 heavy (non-hydrogen) atoms.